The molecule has 0 aromatic heterocycles. The van der Waals surface area contributed by atoms with Crippen LogP contribution in [0.1, 0.15) is 33.1 Å². The highest BCUT2D eigenvalue weighted by Crippen LogP contribution is 2.93. The molecule has 4 atom stereocenters. The molecule has 1 amide bonds. The van der Waals surface area contributed by atoms with E-state index in [4.69, 9.17) is 23.2 Å². The van der Waals surface area contributed by atoms with Gasteiger partial charge in [0.05, 0.1) is 21.1 Å². The van der Waals surface area contributed by atoms with E-state index in [-0.39, 0.29) is 16.7 Å². The normalized spacial score (nSPS) is 43.7. The lowest BCUT2D eigenvalue weighted by atomic mass is 9.21. The molecule has 0 aliphatic heterocycles. The summed E-state index contributed by atoms with van der Waals surface area (Å²) in [5.74, 6) is 0.688. The second-order valence-electron chi connectivity index (χ2n) is 7.04. The monoisotopic (exact) mass is 309 g/mol. The third kappa shape index (κ3) is 1.07. The highest BCUT2D eigenvalue weighted by Gasteiger charge is 2.91. The zero-order chi connectivity index (χ0) is 14.3. The molecule has 1 N–H and O–H groups in total. The maximum absolute atomic E-state index is 12.8. The van der Waals surface area contributed by atoms with Gasteiger partial charge in [-0.15, -0.1) is 0 Å². The Kier molecular flexibility index (Phi) is 2.29. The van der Waals surface area contributed by atoms with Gasteiger partial charge in [0.2, 0.25) is 5.91 Å². The third-order valence-electron chi connectivity index (χ3n) is 6.79. The summed E-state index contributed by atoms with van der Waals surface area (Å²) >= 11 is 12.2. The molecule has 2 nitrogen and oxygen atoms in total. The minimum atomic E-state index is -0.159. The lowest BCUT2D eigenvalue weighted by Crippen LogP contribution is -2.81. The molecular weight excluding hydrogens is 293 g/mol. The molecule has 4 unspecified atom stereocenters. The van der Waals surface area contributed by atoms with Gasteiger partial charge >= 0.3 is 0 Å². The Morgan fingerprint density at radius 3 is 2.70 bits per heavy atom. The van der Waals surface area contributed by atoms with Crippen LogP contribution in [0.5, 0.6) is 0 Å². The van der Waals surface area contributed by atoms with Crippen molar-refractivity contribution in [2.24, 2.45) is 22.2 Å². The van der Waals surface area contributed by atoms with Gasteiger partial charge in [0.15, 0.2) is 0 Å². The van der Waals surface area contributed by atoms with E-state index < -0.39 is 0 Å². The average molecular weight is 310 g/mol. The number of hydrogen-bond donors (Lipinski definition) is 1. The number of carbonyl (C=O) groups excluding carboxylic acids is 1. The molecule has 20 heavy (non-hydrogen) atoms. The fourth-order valence-electron chi connectivity index (χ4n) is 5.55. The first-order valence-electron chi connectivity index (χ1n) is 7.12. The summed E-state index contributed by atoms with van der Waals surface area (Å²) in [7, 11) is 0. The summed E-state index contributed by atoms with van der Waals surface area (Å²) in [6.45, 7) is 4.62. The predicted molar refractivity (Wildman–Crippen MR) is 81.1 cm³/mol. The van der Waals surface area contributed by atoms with Crippen molar-refractivity contribution in [2.45, 2.75) is 33.1 Å². The van der Waals surface area contributed by atoms with Gasteiger partial charge in [-0.05, 0) is 48.1 Å². The van der Waals surface area contributed by atoms with Crippen molar-refractivity contribution in [2.75, 3.05) is 5.32 Å². The van der Waals surface area contributed by atoms with Crippen molar-refractivity contribution in [1.29, 1.82) is 0 Å². The Morgan fingerprint density at radius 1 is 1.35 bits per heavy atom. The van der Waals surface area contributed by atoms with Crippen molar-refractivity contribution >= 4 is 34.8 Å². The van der Waals surface area contributed by atoms with Gasteiger partial charge in [0.1, 0.15) is 0 Å². The molecule has 5 saturated carbocycles. The van der Waals surface area contributed by atoms with Gasteiger partial charge in [0.25, 0.3) is 0 Å². The number of benzene rings is 1. The fraction of sp³-hybridized carbons (Fsp3) is 0.562. The van der Waals surface area contributed by atoms with Crippen LogP contribution in [0.4, 0.5) is 5.69 Å². The topological polar surface area (TPSA) is 29.1 Å². The second-order valence-corrected chi connectivity index (χ2v) is 7.83. The van der Waals surface area contributed by atoms with Gasteiger partial charge in [-0.2, -0.15) is 0 Å². The largest absolute Gasteiger partial charge is 0.324 e. The first-order valence-corrected chi connectivity index (χ1v) is 7.88. The van der Waals surface area contributed by atoms with Crippen molar-refractivity contribution in [3.63, 3.8) is 0 Å². The summed E-state index contributed by atoms with van der Waals surface area (Å²) in [6, 6.07) is 5.35. The summed E-state index contributed by atoms with van der Waals surface area (Å²) in [6.07, 6.45) is 3.37. The maximum atomic E-state index is 12.8. The minimum Gasteiger partial charge on any atom is -0.324 e. The molecule has 1 aromatic carbocycles. The summed E-state index contributed by atoms with van der Waals surface area (Å²) < 4.78 is 0. The second kappa shape index (κ2) is 3.53. The molecule has 0 radical (unpaired) electrons. The Morgan fingerprint density at radius 2 is 2.10 bits per heavy atom. The van der Waals surface area contributed by atoms with Crippen LogP contribution in [0.25, 0.3) is 0 Å². The quantitative estimate of drug-likeness (QED) is 0.838. The van der Waals surface area contributed by atoms with Gasteiger partial charge in [-0.3, -0.25) is 4.79 Å². The van der Waals surface area contributed by atoms with Crippen LogP contribution >= 0.6 is 23.2 Å². The van der Waals surface area contributed by atoms with Crippen LogP contribution in [0, 0.1) is 22.2 Å². The highest BCUT2D eigenvalue weighted by molar-refractivity contribution is 6.44. The molecule has 5 aliphatic rings. The number of hydrogen-bond acceptors (Lipinski definition) is 1. The lowest BCUT2D eigenvalue weighted by Gasteiger charge is -2.81. The van der Waals surface area contributed by atoms with Crippen molar-refractivity contribution < 1.29 is 4.79 Å². The van der Waals surface area contributed by atoms with Gasteiger partial charge < -0.3 is 5.32 Å². The molecule has 0 heterocycles. The average Bonchev–Trinajstić information content (AvgIpc) is 2.78. The van der Waals surface area contributed by atoms with Crippen LogP contribution in [0.2, 0.25) is 10.0 Å². The van der Waals surface area contributed by atoms with Crippen LogP contribution in [0.15, 0.2) is 18.2 Å². The first kappa shape index (κ1) is 13.0. The predicted octanol–water partition coefficient (Wildman–Crippen LogP) is 4.76. The summed E-state index contributed by atoms with van der Waals surface area (Å²) in [4.78, 5) is 12.8. The first-order chi connectivity index (χ1) is 9.37. The molecule has 0 spiro atoms. The van der Waals surface area contributed by atoms with Crippen LogP contribution in [-0.2, 0) is 4.79 Å². The molecule has 0 saturated heterocycles. The van der Waals surface area contributed by atoms with Crippen molar-refractivity contribution in [3.8, 4) is 0 Å². The van der Waals surface area contributed by atoms with Crippen LogP contribution < -0.4 is 5.32 Å². The third-order valence-corrected chi connectivity index (χ3v) is 7.61. The maximum Gasteiger partial charge on any atom is 0.231 e. The molecule has 4 heteroatoms. The Hall–Kier alpha value is -0.730. The van der Waals surface area contributed by atoms with E-state index in [0.29, 0.717) is 27.1 Å². The number of fused-ring (bicyclic) bond motifs is 1. The smallest absolute Gasteiger partial charge is 0.231 e. The van der Waals surface area contributed by atoms with E-state index in [2.05, 4.69) is 19.2 Å². The Bertz CT molecular complexity index is 645. The molecule has 6 rings (SSSR count). The summed E-state index contributed by atoms with van der Waals surface area (Å²) in [5, 5.41) is 3.92. The number of halogens is 2. The zero-order valence-electron chi connectivity index (χ0n) is 11.6. The van der Waals surface area contributed by atoms with E-state index in [9.17, 15) is 4.79 Å². The number of rotatable bonds is 2. The van der Waals surface area contributed by atoms with Gasteiger partial charge in [-0.1, -0.05) is 43.1 Å². The van der Waals surface area contributed by atoms with Crippen molar-refractivity contribution in [1.82, 2.24) is 0 Å². The minimum absolute atomic E-state index is 0.135. The SMILES string of the molecule is CC12CC3(C(=O)Nc4cccc(Cl)c4Cl)C1CCC23C. The zero-order valence-corrected chi connectivity index (χ0v) is 13.1. The van der Waals surface area contributed by atoms with E-state index in [1.807, 2.05) is 12.1 Å². The molecule has 5 fully saturated rings. The van der Waals surface area contributed by atoms with Crippen LogP contribution in [-0.4, -0.2) is 5.91 Å². The lowest BCUT2D eigenvalue weighted by molar-refractivity contribution is -0.326. The molecular formula is C16H17Cl2NO. The molecule has 5 aliphatic carbocycles. The Balaban J connectivity index is 1.63. The number of anilines is 1. The van der Waals surface area contributed by atoms with E-state index >= 15 is 0 Å². The number of amides is 1. The number of carbonyl (C=O) groups is 1. The number of nitrogens with one attached hydrogen (secondary N) is 1. The molecule has 106 valence electrons. The molecule has 4 bridgehead atoms. The summed E-state index contributed by atoms with van der Waals surface area (Å²) in [5.41, 5.74) is 1.04. The van der Waals surface area contributed by atoms with Gasteiger partial charge in [0, 0.05) is 0 Å². The van der Waals surface area contributed by atoms with E-state index in [1.165, 1.54) is 12.8 Å². The van der Waals surface area contributed by atoms with E-state index in [0.717, 1.165) is 6.42 Å². The highest BCUT2D eigenvalue weighted by atomic mass is 35.5. The van der Waals surface area contributed by atoms with Gasteiger partial charge in [-0.25, -0.2) is 0 Å². The Labute approximate surface area is 128 Å². The fourth-order valence-corrected chi connectivity index (χ4v) is 5.90. The molecule has 1 aromatic rings. The van der Waals surface area contributed by atoms with Crippen molar-refractivity contribution in [3.05, 3.63) is 28.2 Å². The van der Waals surface area contributed by atoms with E-state index in [1.54, 1.807) is 6.07 Å². The van der Waals surface area contributed by atoms with Crippen LogP contribution in [0.3, 0.4) is 0 Å². The standard InChI is InChI=1S/C16H17Cl2NO/c1-14-8-16(11(14)6-7-15(14,16)2)13(20)19-10-5-3-4-9(17)12(10)18/h3-5,11H,6-8H2,1-2H3,(H,19,20).